The van der Waals surface area contributed by atoms with Crippen molar-refractivity contribution in [1.29, 1.82) is 0 Å². The molecule has 2 atom stereocenters. The molecule has 3 rings (SSSR count). The van der Waals surface area contributed by atoms with Gasteiger partial charge in [0.2, 0.25) is 0 Å². The van der Waals surface area contributed by atoms with Gasteiger partial charge in [-0.2, -0.15) is 0 Å². The van der Waals surface area contributed by atoms with Gasteiger partial charge in [-0.25, -0.2) is 9.97 Å². The molecule has 0 spiro atoms. The first-order chi connectivity index (χ1) is 12.4. The summed E-state index contributed by atoms with van der Waals surface area (Å²) in [6.07, 6.45) is 4.14. The van der Waals surface area contributed by atoms with Gasteiger partial charge in [-0.15, -0.1) is 0 Å². The molecule has 1 fully saturated rings. The number of pyridine rings is 1. The van der Waals surface area contributed by atoms with Crippen molar-refractivity contribution in [2.45, 2.75) is 39.9 Å². The Labute approximate surface area is 156 Å². The van der Waals surface area contributed by atoms with Gasteiger partial charge in [-0.1, -0.05) is 0 Å². The quantitative estimate of drug-likeness (QED) is 0.822. The normalized spacial score (nSPS) is 21.0. The zero-order valence-corrected chi connectivity index (χ0v) is 16.4. The van der Waals surface area contributed by atoms with Crippen LogP contribution in [0.3, 0.4) is 0 Å². The van der Waals surface area contributed by atoms with E-state index in [9.17, 15) is 0 Å². The molecule has 1 saturated heterocycles. The Kier molecular flexibility index (Phi) is 5.84. The van der Waals surface area contributed by atoms with Crippen LogP contribution in [0.25, 0.3) is 11.4 Å². The van der Waals surface area contributed by atoms with Gasteiger partial charge in [0.1, 0.15) is 5.82 Å². The summed E-state index contributed by atoms with van der Waals surface area (Å²) < 4.78 is 5.83. The predicted molar refractivity (Wildman–Crippen MR) is 104 cm³/mol. The SMILES string of the molecule is Cc1nc(-c2ccncc2)nc(N(C)CCN2C[C@@H](C)O[C@@H](C)C2)c1C. The van der Waals surface area contributed by atoms with Crippen LogP contribution in [-0.2, 0) is 4.74 Å². The maximum atomic E-state index is 5.83. The molecule has 0 N–H and O–H groups in total. The highest BCUT2D eigenvalue weighted by Crippen LogP contribution is 2.23. The predicted octanol–water partition coefficient (Wildman–Crippen LogP) is 2.70. The Bertz CT molecular complexity index is 726. The van der Waals surface area contributed by atoms with Crippen LogP contribution in [0.2, 0.25) is 0 Å². The van der Waals surface area contributed by atoms with Crippen molar-refractivity contribution in [2.24, 2.45) is 0 Å². The van der Waals surface area contributed by atoms with Crippen LogP contribution in [0.4, 0.5) is 5.82 Å². The maximum absolute atomic E-state index is 5.83. The van der Waals surface area contributed by atoms with Crippen LogP contribution >= 0.6 is 0 Å². The summed E-state index contributed by atoms with van der Waals surface area (Å²) in [6.45, 7) is 12.3. The van der Waals surface area contributed by atoms with Crippen molar-refractivity contribution < 1.29 is 4.74 Å². The Balaban J connectivity index is 1.74. The Morgan fingerprint density at radius 1 is 1.12 bits per heavy atom. The number of hydrogen-bond donors (Lipinski definition) is 0. The number of ether oxygens (including phenoxy) is 1. The van der Waals surface area contributed by atoms with Crippen LogP contribution in [-0.4, -0.2) is 65.3 Å². The summed E-state index contributed by atoms with van der Waals surface area (Å²) in [6, 6.07) is 3.90. The zero-order chi connectivity index (χ0) is 18.7. The van der Waals surface area contributed by atoms with E-state index in [0.29, 0.717) is 12.2 Å². The largest absolute Gasteiger partial charge is 0.373 e. The van der Waals surface area contributed by atoms with E-state index in [1.807, 2.05) is 19.1 Å². The van der Waals surface area contributed by atoms with Gasteiger partial charge in [-0.3, -0.25) is 9.88 Å². The number of likely N-dealkylation sites (N-methyl/N-ethyl adjacent to an activating group) is 1. The first kappa shape index (κ1) is 18.7. The summed E-state index contributed by atoms with van der Waals surface area (Å²) >= 11 is 0. The molecule has 2 aromatic heterocycles. The molecular formula is C20H29N5O. The number of rotatable bonds is 5. The minimum atomic E-state index is 0.297. The van der Waals surface area contributed by atoms with Crippen LogP contribution in [0, 0.1) is 13.8 Å². The minimum absolute atomic E-state index is 0.297. The van der Waals surface area contributed by atoms with E-state index in [-0.39, 0.29) is 0 Å². The lowest BCUT2D eigenvalue weighted by Gasteiger charge is -2.36. The molecule has 0 amide bonds. The summed E-state index contributed by atoms with van der Waals surface area (Å²) in [5, 5.41) is 0. The van der Waals surface area contributed by atoms with Gasteiger partial charge >= 0.3 is 0 Å². The molecule has 6 heteroatoms. The standard InChI is InChI=1S/C20H29N5O/c1-14-12-25(13-15(2)26-14)11-10-24(5)20-16(3)17(4)22-19(23-20)18-6-8-21-9-7-18/h6-9,14-15H,10-13H2,1-5H3/t14-,15+. The molecule has 26 heavy (non-hydrogen) atoms. The van der Waals surface area contributed by atoms with E-state index in [4.69, 9.17) is 9.72 Å². The highest BCUT2D eigenvalue weighted by atomic mass is 16.5. The first-order valence-corrected chi connectivity index (χ1v) is 9.28. The number of anilines is 1. The highest BCUT2D eigenvalue weighted by molar-refractivity contribution is 5.59. The van der Waals surface area contributed by atoms with Gasteiger partial charge in [0.25, 0.3) is 0 Å². The van der Waals surface area contributed by atoms with Crippen molar-refractivity contribution in [3.05, 3.63) is 35.8 Å². The Hall–Kier alpha value is -2.05. The lowest BCUT2D eigenvalue weighted by molar-refractivity contribution is -0.0670. The third-order valence-electron chi connectivity index (χ3n) is 4.91. The zero-order valence-electron chi connectivity index (χ0n) is 16.4. The van der Waals surface area contributed by atoms with E-state index >= 15 is 0 Å². The Morgan fingerprint density at radius 3 is 2.42 bits per heavy atom. The fraction of sp³-hybridized carbons (Fsp3) is 0.550. The molecule has 0 radical (unpaired) electrons. The van der Waals surface area contributed by atoms with Crippen molar-refractivity contribution in [1.82, 2.24) is 19.9 Å². The van der Waals surface area contributed by atoms with Gasteiger partial charge in [-0.05, 0) is 39.8 Å². The molecule has 0 aliphatic carbocycles. The summed E-state index contributed by atoms with van der Waals surface area (Å²) in [4.78, 5) is 18.3. The second kappa shape index (κ2) is 8.10. The van der Waals surface area contributed by atoms with Crippen LogP contribution < -0.4 is 4.90 Å². The average Bonchev–Trinajstić information content (AvgIpc) is 2.62. The summed E-state index contributed by atoms with van der Waals surface area (Å²) in [5.41, 5.74) is 3.14. The maximum Gasteiger partial charge on any atom is 0.161 e. The van der Waals surface area contributed by atoms with E-state index in [2.05, 4.69) is 47.6 Å². The molecule has 0 saturated carbocycles. The summed E-state index contributed by atoms with van der Waals surface area (Å²) in [5.74, 6) is 1.75. The van der Waals surface area contributed by atoms with Gasteiger partial charge in [0, 0.05) is 62.4 Å². The Morgan fingerprint density at radius 2 is 1.77 bits per heavy atom. The molecule has 1 aliphatic rings. The molecule has 2 aromatic rings. The minimum Gasteiger partial charge on any atom is -0.373 e. The van der Waals surface area contributed by atoms with Crippen LogP contribution in [0.5, 0.6) is 0 Å². The van der Waals surface area contributed by atoms with Crippen LogP contribution in [0.1, 0.15) is 25.1 Å². The second-order valence-corrected chi connectivity index (χ2v) is 7.26. The lowest BCUT2D eigenvalue weighted by atomic mass is 10.2. The molecule has 0 aromatic carbocycles. The number of aryl methyl sites for hydroxylation is 1. The lowest BCUT2D eigenvalue weighted by Crippen LogP contribution is -2.47. The topological polar surface area (TPSA) is 54.4 Å². The third-order valence-corrected chi connectivity index (χ3v) is 4.91. The smallest absolute Gasteiger partial charge is 0.161 e. The van der Waals surface area contributed by atoms with E-state index in [0.717, 1.165) is 54.6 Å². The molecule has 3 heterocycles. The first-order valence-electron chi connectivity index (χ1n) is 9.28. The van der Waals surface area contributed by atoms with Crippen molar-refractivity contribution in [3.63, 3.8) is 0 Å². The van der Waals surface area contributed by atoms with E-state index in [1.165, 1.54) is 0 Å². The van der Waals surface area contributed by atoms with Gasteiger partial charge in [0.05, 0.1) is 12.2 Å². The number of nitrogens with zero attached hydrogens (tertiary/aromatic N) is 5. The molecule has 0 bridgehead atoms. The number of hydrogen-bond acceptors (Lipinski definition) is 6. The van der Waals surface area contributed by atoms with E-state index in [1.54, 1.807) is 12.4 Å². The van der Waals surface area contributed by atoms with Crippen molar-refractivity contribution in [2.75, 3.05) is 38.1 Å². The van der Waals surface area contributed by atoms with Crippen LogP contribution in [0.15, 0.2) is 24.5 Å². The van der Waals surface area contributed by atoms with Gasteiger partial charge in [0.15, 0.2) is 5.82 Å². The monoisotopic (exact) mass is 355 g/mol. The fourth-order valence-electron chi connectivity index (χ4n) is 3.48. The fourth-order valence-corrected chi connectivity index (χ4v) is 3.48. The van der Waals surface area contributed by atoms with E-state index < -0.39 is 0 Å². The molecule has 140 valence electrons. The molecule has 1 aliphatic heterocycles. The average molecular weight is 355 g/mol. The third kappa shape index (κ3) is 4.37. The molecular weight excluding hydrogens is 326 g/mol. The molecule has 0 unspecified atom stereocenters. The van der Waals surface area contributed by atoms with Gasteiger partial charge < -0.3 is 9.64 Å². The number of morpholine rings is 1. The van der Waals surface area contributed by atoms with Crippen molar-refractivity contribution >= 4 is 5.82 Å². The summed E-state index contributed by atoms with van der Waals surface area (Å²) in [7, 11) is 2.11. The highest BCUT2D eigenvalue weighted by Gasteiger charge is 2.22. The van der Waals surface area contributed by atoms with Crippen molar-refractivity contribution in [3.8, 4) is 11.4 Å². The second-order valence-electron chi connectivity index (χ2n) is 7.26. The molecule has 6 nitrogen and oxygen atoms in total. The number of aromatic nitrogens is 3.